The first-order chi connectivity index (χ1) is 10.6. The highest BCUT2D eigenvalue weighted by Gasteiger charge is 2.09. The number of aliphatic imine (C=N–C) groups is 1. The summed E-state index contributed by atoms with van der Waals surface area (Å²) < 4.78 is 26.8. The molecule has 0 bridgehead atoms. The zero-order valence-electron chi connectivity index (χ0n) is 13.1. The van der Waals surface area contributed by atoms with Crippen LogP contribution in [0.4, 0.5) is 8.78 Å². The Balaban J connectivity index is 0.00000264. The van der Waals surface area contributed by atoms with Crippen molar-refractivity contribution in [3.05, 3.63) is 57.8 Å². The van der Waals surface area contributed by atoms with Gasteiger partial charge in [-0.1, -0.05) is 6.07 Å². The van der Waals surface area contributed by atoms with Crippen molar-refractivity contribution in [1.29, 1.82) is 0 Å². The molecule has 7 heteroatoms. The summed E-state index contributed by atoms with van der Waals surface area (Å²) in [6.45, 7) is 0.991. The quantitative estimate of drug-likeness (QED) is 0.425. The van der Waals surface area contributed by atoms with E-state index < -0.39 is 11.6 Å². The lowest BCUT2D eigenvalue weighted by atomic mass is 10.2. The molecule has 0 saturated heterocycles. The van der Waals surface area contributed by atoms with Crippen LogP contribution in [-0.2, 0) is 13.0 Å². The van der Waals surface area contributed by atoms with E-state index in [9.17, 15) is 8.78 Å². The third kappa shape index (κ3) is 6.06. The van der Waals surface area contributed by atoms with Gasteiger partial charge in [-0.15, -0.1) is 35.3 Å². The normalized spacial score (nSPS) is 11.0. The fourth-order valence-electron chi connectivity index (χ4n) is 2.08. The molecule has 0 radical (unpaired) electrons. The second-order valence-electron chi connectivity index (χ2n) is 4.89. The van der Waals surface area contributed by atoms with Gasteiger partial charge in [0.05, 0.1) is 0 Å². The monoisotopic (exact) mass is 451 g/mol. The molecule has 1 N–H and O–H groups in total. The molecule has 0 atom stereocenters. The molecule has 0 aliphatic heterocycles. The summed E-state index contributed by atoms with van der Waals surface area (Å²) in [5, 5.41) is 5.11. The molecule has 1 aromatic heterocycles. The lowest BCUT2D eigenvalue weighted by Crippen LogP contribution is -2.39. The van der Waals surface area contributed by atoms with Crippen molar-refractivity contribution in [2.75, 3.05) is 20.6 Å². The van der Waals surface area contributed by atoms with Gasteiger partial charge in [0, 0.05) is 37.6 Å². The van der Waals surface area contributed by atoms with Crippen molar-refractivity contribution in [1.82, 2.24) is 10.2 Å². The molecule has 0 spiro atoms. The minimum atomic E-state index is -0.445. The molecule has 3 nitrogen and oxygen atoms in total. The number of nitrogens with zero attached hydrogens (tertiary/aromatic N) is 2. The maximum atomic E-state index is 13.6. The minimum Gasteiger partial charge on any atom is -0.352 e. The highest BCUT2D eigenvalue weighted by atomic mass is 127. The topological polar surface area (TPSA) is 27.6 Å². The maximum Gasteiger partial charge on any atom is 0.193 e. The summed E-state index contributed by atoms with van der Waals surface area (Å²) in [6, 6.07) is 7.56. The summed E-state index contributed by atoms with van der Waals surface area (Å²) in [6.07, 6.45) is 0.920. The lowest BCUT2D eigenvalue weighted by molar-refractivity contribution is 0.484. The van der Waals surface area contributed by atoms with Gasteiger partial charge in [0.15, 0.2) is 5.96 Å². The highest BCUT2D eigenvalue weighted by molar-refractivity contribution is 14.0. The molecule has 0 saturated carbocycles. The number of rotatable bonds is 5. The van der Waals surface area contributed by atoms with Gasteiger partial charge in [0.25, 0.3) is 0 Å². The van der Waals surface area contributed by atoms with Gasteiger partial charge in [-0.05, 0) is 36.1 Å². The van der Waals surface area contributed by atoms with Gasteiger partial charge >= 0.3 is 0 Å². The molecular weight excluding hydrogens is 431 g/mol. The van der Waals surface area contributed by atoms with E-state index in [1.807, 2.05) is 18.0 Å². The number of hydrogen-bond acceptors (Lipinski definition) is 2. The smallest absolute Gasteiger partial charge is 0.193 e. The first-order valence-corrected chi connectivity index (χ1v) is 7.86. The van der Waals surface area contributed by atoms with Crippen molar-refractivity contribution >= 4 is 41.3 Å². The molecule has 2 aromatic rings. The summed E-state index contributed by atoms with van der Waals surface area (Å²) in [4.78, 5) is 7.45. The average molecular weight is 451 g/mol. The second kappa shape index (κ2) is 9.82. The Kier molecular flexibility index (Phi) is 8.46. The molecule has 0 aliphatic rings. The Morgan fingerprint density at radius 2 is 2.09 bits per heavy atom. The fourth-order valence-corrected chi connectivity index (χ4v) is 2.77. The molecular formula is C16H20F2IN3S. The average Bonchev–Trinajstić information content (AvgIpc) is 3.02. The van der Waals surface area contributed by atoms with Crippen LogP contribution in [0.25, 0.3) is 0 Å². The first kappa shape index (κ1) is 19.8. The van der Waals surface area contributed by atoms with Crippen molar-refractivity contribution in [2.45, 2.75) is 13.0 Å². The Bertz CT molecular complexity index is 632. The number of thiophene rings is 1. The molecule has 2 rings (SSSR count). The molecule has 0 unspecified atom stereocenters. The number of likely N-dealkylation sites (N-methyl/N-ethyl adjacent to an activating group) is 1. The van der Waals surface area contributed by atoms with Crippen LogP contribution in [0.2, 0.25) is 0 Å². The largest absolute Gasteiger partial charge is 0.352 e. The van der Waals surface area contributed by atoms with Gasteiger partial charge in [-0.2, -0.15) is 0 Å². The van der Waals surface area contributed by atoms with Gasteiger partial charge in [-0.25, -0.2) is 8.78 Å². The molecule has 0 aliphatic carbocycles. The summed E-state index contributed by atoms with van der Waals surface area (Å²) in [5.74, 6) is -0.218. The lowest BCUT2D eigenvalue weighted by Gasteiger charge is -2.22. The van der Waals surface area contributed by atoms with Crippen LogP contribution in [0, 0.1) is 11.6 Å². The first-order valence-electron chi connectivity index (χ1n) is 6.98. The van der Waals surface area contributed by atoms with Crippen LogP contribution in [0.3, 0.4) is 0 Å². The highest BCUT2D eigenvalue weighted by Crippen LogP contribution is 2.11. The predicted molar refractivity (Wildman–Crippen MR) is 103 cm³/mol. The van der Waals surface area contributed by atoms with Crippen LogP contribution in [0.15, 0.2) is 40.7 Å². The number of nitrogens with one attached hydrogen (secondary N) is 1. The van der Waals surface area contributed by atoms with Crippen molar-refractivity contribution in [3.8, 4) is 0 Å². The van der Waals surface area contributed by atoms with E-state index in [4.69, 9.17) is 0 Å². The predicted octanol–water partition coefficient (Wildman–Crippen LogP) is 3.89. The second-order valence-corrected chi connectivity index (χ2v) is 5.92. The van der Waals surface area contributed by atoms with Crippen molar-refractivity contribution in [2.24, 2.45) is 4.99 Å². The maximum absolute atomic E-state index is 13.6. The number of benzene rings is 1. The molecule has 1 aromatic carbocycles. The Morgan fingerprint density at radius 1 is 1.30 bits per heavy atom. The Labute approximate surface area is 156 Å². The van der Waals surface area contributed by atoms with E-state index in [0.717, 1.165) is 25.1 Å². The van der Waals surface area contributed by atoms with E-state index in [-0.39, 0.29) is 36.1 Å². The van der Waals surface area contributed by atoms with Crippen LogP contribution >= 0.6 is 35.3 Å². The van der Waals surface area contributed by atoms with Gasteiger partial charge in [-0.3, -0.25) is 4.99 Å². The van der Waals surface area contributed by atoms with Gasteiger partial charge < -0.3 is 10.2 Å². The van der Waals surface area contributed by atoms with Gasteiger partial charge in [0.2, 0.25) is 0 Å². The summed E-state index contributed by atoms with van der Waals surface area (Å²) in [5.41, 5.74) is 0.285. The van der Waals surface area contributed by atoms with E-state index in [2.05, 4.69) is 21.8 Å². The van der Waals surface area contributed by atoms with Gasteiger partial charge in [0.1, 0.15) is 11.6 Å². The zero-order valence-corrected chi connectivity index (χ0v) is 16.2. The number of halogens is 3. The minimum absolute atomic E-state index is 0. The SMILES string of the molecule is CN=C(NCc1cc(F)ccc1F)N(C)CCc1cccs1.I. The Hall–Kier alpha value is -1.22. The zero-order chi connectivity index (χ0) is 15.9. The molecule has 1 heterocycles. The molecule has 126 valence electrons. The van der Waals surface area contributed by atoms with Crippen LogP contribution < -0.4 is 5.32 Å². The molecule has 0 fully saturated rings. The van der Waals surface area contributed by atoms with Crippen LogP contribution in [-0.4, -0.2) is 31.5 Å². The van der Waals surface area contributed by atoms with E-state index in [1.165, 1.54) is 10.9 Å². The van der Waals surface area contributed by atoms with E-state index in [1.54, 1.807) is 18.4 Å². The molecule has 23 heavy (non-hydrogen) atoms. The van der Waals surface area contributed by atoms with Crippen LogP contribution in [0.5, 0.6) is 0 Å². The summed E-state index contributed by atoms with van der Waals surface area (Å²) in [7, 11) is 3.59. The van der Waals surface area contributed by atoms with E-state index >= 15 is 0 Å². The third-order valence-electron chi connectivity index (χ3n) is 3.29. The standard InChI is InChI=1S/C16H19F2N3S.HI/c1-19-16(21(2)8-7-14-4-3-9-22-14)20-11-12-10-13(17)5-6-15(12)18;/h3-6,9-10H,7-8,11H2,1-2H3,(H,19,20);1H. The summed E-state index contributed by atoms with van der Waals surface area (Å²) >= 11 is 1.72. The van der Waals surface area contributed by atoms with Crippen molar-refractivity contribution < 1.29 is 8.78 Å². The Morgan fingerprint density at radius 3 is 2.74 bits per heavy atom. The number of hydrogen-bond donors (Lipinski definition) is 1. The van der Waals surface area contributed by atoms with Crippen molar-refractivity contribution in [3.63, 3.8) is 0 Å². The van der Waals surface area contributed by atoms with E-state index in [0.29, 0.717) is 5.96 Å². The molecule has 0 amide bonds. The number of guanidine groups is 1. The fraction of sp³-hybridized carbons (Fsp3) is 0.312. The third-order valence-corrected chi connectivity index (χ3v) is 4.23. The van der Waals surface area contributed by atoms with Crippen LogP contribution in [0.1, 0.15) is 10.4 Å².